The minimum atomic E-state index is -0.103. The standard InChI is InChI=1S/C17H21N5O.C2H6/c1-12-2-4-13(5-3-12)11-23-15-8-6-14(7-9-15)16(10-18)21-22-17(19)20;1-2/h2-9H,10-11,18H2,1H3,(H4,19,20,22);1-2H3/b21-16+;. The van der Waals surface area contributed by atoms with Crippen LogP contribution in [0.1, 0.15) is 30.5 Å². The predicted molar refractivity (Wildman–Crippen MR) is 105 cm³/mol. The second-order valence-electron chi connectivity index (χ2n) is 5.07. The van der Waals surface area contributed by atoms with E-state index in [0.29, 0.717) is 12.3 Å². The molecule has 6 nitrogen and oxygen atoms in total. The highest BCUT2D eigenvalue weighted by Gasteiger charge is 2.03. The molecule has 0 aliphatic rings. The number of ether oxygens (including phenoxy) is 1. The summed E-state index contributed by atoms with van der Waals surface area (Å²) < 4.78 is 5.76. The van der Waals surface area contributed by atoms with Gasteiger partial charge in [-0.1, -0.05) is 43.7 Å². The number of benzene rings is 2. The number of nitrogens with zero attached hydrogens (tertiary/aromatic N) is 2. The Morgan fingerprint density at radius 1 is 0.920 bits per heavy atom. The van der Waals surface area contributed by atoms with Crippen molar-refractivity contribution < 1.29 is 4.74 Å². The first-order chi connectivity index (χ1) is 12.1. The van der Waals surface area contributed by atoms with E-state index in [4.69, 9.17) is 21.9 Å². The zero-order valence-corrected chi connectivity index (χ0v) is 15.1. The van der Waals surface area contributed by atoms with Gasteiger partial charge in [0, 0.05) is 6.54 Å². The highest BCUT2D eigenvalue weighted by molar-refractivity contribution is 6.02. The number of hydrogen-bond acceptors (Lipinski definition) is 4. The fourth-order valence-electron chi connectivity index (χ4n) is 1.93. The van der Waals surface area contributed by atoms with E-state index in [9.17, 15) is 0 Å². The van der Waals surface area contributed by atoms with E-state index >= 15 is 0 Å². The molecule has 2 rings (SSSR count). The Hall–Kier alpha value is -2.86. The molecule has 0 aliphatic carbocycles. The van der Waals surface area contributed by atoms with Crippen LogP contribution in [0.2, 0.25) is 0 Å². The Labute approximate surface area is 149 Å². The minimum Gasteiger partial charge on any atom is -0.489 e. The molecule has 0 saturated carbocycles. The maximum absolute atomic E-state index is 5.76. The van der Waals surface area contributed by atoms with Crippen molar-refractivity contribution in [1.82, 2.24) is 0 Å². The summed E-state index contributed by atoms with van der Waals surface area (Å²) in [6.07, 6.45) is 0. The number of aryl methyl sites for hydroxylation is 1. The van der Waals surface area contributed by atoms with Crippen molar-refractivity contribution in [2.75, 3.05) is 6.54 Å². The van der Waals surface area contributed by atoms with Crippen LogP contribution >= 0.6 is 0 Å². The Bertz CT molecular complexity index is 687. The zero-order chi connectivity index (χ0) is 18.7. The van der Waals surface area contributed by atoms with E-state index in [-0.39, 0.29) is 12.5 Å². The summed E-state index contributed by atoms with van der Waals surface area (Å²) in [4.78, 5) is 0. The van der Waals surface area contributed by atoms with Gasteiger partial charge in [-0.2, -0.15) is 5.10 Å². The molecule has 134 valence electrons. The van der Waals surface area contributed by atoms with Crippen molar-refractivity contribution in [3.63, 3.8) is 0 Å². The van der Waals surface area contributed by atoms with Gasteiger partial charge >= 0.3 is 0 Å². The molecular weight excluding hydrogens is 314 g/mol. The van der Waals surface area contributed by atoms with Gasteiger partial charge in [0.25, 0.3) is 0 Å². The lowest BCUT2D eigenvalue weighted by Gasteiger charge is -2.08. The second kappa shape index (κ2) is 10.8. The van der Waals surface area contributed by atoms with Crippen molar-refractivity contribution >= 4 is 11.7 Å². The van der Waals surface area contributed by atoms with Crippen molar-refractivity contribution in [3.8, 4) is 5.75 Å². The molecular formula is C19H27N5O. The minimum absolute atomic E-state index is 0.103. The molecule has 0 atom stereocenters. The maximum Gasteiger partial charge on any atom is 0.211 e. The molecule has 0 amide bonds. The van der Waals surface area contributed by atoms with Crippen LogP contribution in [-0.2, 0) is 6.61 Å². The van der Waals surface area contributed by atoms with Crippen LogP contribution in [0.5, 0.6) is 5.75 Å². The third-order valence-corrected chi connectivity index (χ3v) is 3.19. The van der Waals surface area contributed by atoms with Crippen LogP contribution in [0, 0.1) is 6.92 Å². The van der Waals surface area contributed by atoms with Gasteiger partial charge in [-0.15, -0.1) is 5.10 Å². The lowest BCUT2D eigenvalue weighted by molar-refractivity contribution is 0.306. The van der Waals surface area contributed by atoms with Gasteiger partial charge in [-0.3, -0.25) is 0 Å². The molecule has 0 fully saturated rings. The second-order valence-corrected chi connectivity index (χ2v) is 5.07. The number of nitrogens with two attached hydrogens (primary N) is 3. The normalized spacial score (nSPS) is 10.5. The van der Waals surface area contributed by atoms with Crippen LogP contribution in [0.25, 0.3) is 0 Å². The number of guanidine groups is 1. The predicted octanol–water partition coefficient (Wildman–Crippen LogP) is 2.54. The lowest BCUT2D eigenvalue weighted by Crippen LogP contribution is -2.23. The Morgan fingerprint density at radius 2 is 1.52 bits per heavy atom. The third-order valence-electron chi connectivity index (χ3n) is 3.19. The zero-order valence-electron chi connectivity index (χ0n) is 15.1. The van der Waals surface area contributed by atoms with Gasteiger partial charge in [0.2, 0.25) is 5.96 Å². The summed E-state index contributed by atoms with van der Waals surface area (Å²) in [5, 5.41) is 7.56. The Balaban J connectivity index is 0.00000151. The van der Waals surface area contributed by atoms with E-state index in [0.717, 1.165) is 16.9 Å². The summed E-state index contributed by atoms with van der Waals surface area (Å²) in [5.74, 6) is 0.668. The summed E-state index contributed by atoms with van der Waals surface area (Å²) in [6.45, 7) is 6.81. The van der Waals surface area contributed by atoms with Crippen molar-refractivity contribution in [2.45, 2.75) is 27.4 Å². The molecule has 6 N–H and O–H groups in total. The summed E-state index contributed by atoms with van der Waals surface area (Å²) in [5.41, 5.74) is 20.0. The SMILES string of the molecule is CC.Cc1ccc(COc2ccc(/C(CN)=N/N=C(N)N)cc2)cc1. The van der Waals surface area contributed by atoms with Crippen LogP contribution in [-0.4, -0.2) is 18.2 Å². The molecule has 25 heavy (non-hydrogen) atoms. The molecule has 6 heteroatoms. The first kappa shape index (κ1) is 20.2. The van der Waals surface area contributed by atoms with Crippen molar-refractivity contribution in [2.24, 2.45) is 27.4 Å². The largest absolute Gasteiger partial charge is 0.489 e. The van der Waals surface area contributed by atoms with E-state index < -0.39 is 0 Å². The Kier molecular flexibility index (Phi) is 8.74. The van der Waals surface area contributed by atoms with E-state index in [2.05, 4.69) is 41.4 Å². The third kappa shape index (κ3) is 7.05. The quantitative estimate of drug-likeness (QED) is 0.426. The van der Waals surface area contributed by atoms with Crippen LogP contribution in [0.4, 0.5) is 0 Å². The van der Waals surface area contributed by atoms with Crippen LogP contribution in [0.3, 0.4) is 0 Å². The van der Waals surface area contributed by atoms with E-state index in [1.165, 1.54) is 5.56 Å². The highest BCUT2D eigenvalue weighted by atomic mass is 16.5. The molecule has 0 bridgehead atoms. The average molecular weight is 341 g/mol. The van der Waals surface area contributed by atoms with Crippen molar-refractivity contribution in [1.29, 1.82) is 0 Å². The number of rotatable bonds is 6. The molecule has 0 radical (unpaired) electrons. The molecule has 0 heterocycles. The molecule has 0 aromatic heterocycles. The van der Waals surface area contributed by atoms with Gasteiger partial charge in [0.15, 0.2) is 0 Å². The molecule has 0 spiro atoms. The van der Waals surface area contributed by atoms with Gasteiger partial charge in [-0.05, 0) is 42.3 Å². The van der Waals surface area contributed by atoms with Gasteiger partial charge in [0.1, 0.15) is 12.4 Å². The van der Waals surface area contributed by atoms with Crippen LogP contribution in [0.15, 0.2) is 58.7 Å². The van der Waals surface area contributed by atoms with Crippen molar-refractivity contribution in [3.05, 3.63) is 65.2 Å². The molecule has 0 aliphatic heterocycles. The van der Waals surface area contributed by atoms with Gasteiger partial charge in [0.05, 0.1) is 5.71 Å². The smallest absolute Gasteiger partial charge is 0.211 e. The fraction of sp³-hybridized carbons (Fsp3) is 0.263. The maximum atomic E-state index is 5.76. The highest BCUT2D eigenvalue weighted by Crippen LogP contribution is 2.15. The van der Waals surface area contributed by atoms with Gasteiger partial charge in [-0.25, -0.2) is 0 Å². The Morgan fingerprint density at radius 3 is 2.04 bits per heavy atom. The van der Waals surface area contributed by atoms with Crippen LogP contribution < -0.4 is 21.9 Å². The molecule has 2 aromatic rings. The van der Waals surface area contributed by atoms with Gasteiger partial charge < -0.3 is 21.9 Å². The first-order valence-corrected chi connectivity index (χ1v) is 8.23. The number of hydrogen-bond donors (Lipinski definition) is 3. The summed E-state index contributed by atoms with van der Waals surface area (Å²) in [7, 11) is 0. The average Bonchev–Trinajstić information content (AvgIpc) is 2.64. The molecule has 2 aromatic carbocycles. The lowest BCUT2D eigenvalue weighted by atomic mass is 10.1. The summed E-state index contributed by atoms with van der Waals surface area (Å²) in [6, 6.07) is 15.7. The molecule has 0 saturated heterocycles. The van der Waals surface area contributed by atoms with E-state index in [1.54, 1.807) is 0 Å². The monoisotopic (exact) mass is 341 g/mol. The fourth-order valence-corrected chi connectivity index (χ4v) is 1.93. The topological polar surface area (TPSA) is 112 Å². The summed E-state index contributed by atoms with van der Waals surface area (Å²) >= 11 is 0. The van der Waals surface area contributed by atoms with E-state index in [1.807, 2.05) is 38.1 Å². The molecule has 0 unspecified atom stereocenters. The first-order valence-electron chi connectivity index (χ1n) is 8.23.